The first kappa shape index (κ1) is 13.7. The number of aryl methyl sites for hydroxylation is 1. The summed E-state index contributed by atoms with van der Waals surface area (Å²) in [5, 5.41) is 24.0. The lowest BCUT2D eigenvalue weighted by Gasteiger charge is -1.91. The van der Waals surface area contributed by atoms with Gasteiger partial charge in [-0.15, -0.1) is 15.3 Å². The molecule has 0 aliphatic rings. The number of rotatable bonds is 4. The Morgan fingerprint density at radius 2 is 2.10 bits per heavy atom. The minimum atomic E-state index is 0.127. The van der Waals surface area contributed by atoms with Crippen molar-refractivity contribution in [3.63, 3.8) is 0 Å². The number of thioether (sulfide) groups is 1. The van der Waals surface area contributed by atoms with Crippen molar-refractivity contribution in [1.82, 2.24) is 30.0 Å². The number of H-pyrrole nitrogens is 1. The van der Waals surface area contributed by atoms with Crippen molar-refractivity contribution >= 4 is 29.1 Å². The standard InChI is InChI=1S/C11H14N8OS/c1-5(2)8-12-10(20-18-8)15-13-7-6(3)17-19-9(7)14-16-11(19)21-4/h5,17H,1-4H3. The van der Waals surface area contributed by atoms with Gasteiger partial charge >= 0.3 is 6.01 Å². The van der Waals surface area contributed by atoms with E-state index in [-0.39, 0.29) is 11.9 Å². The van der Waals surface area contributed by atoms with Crippen LogP contribution >= 0.6 is 11.8 Å². The molecule has 0 aliphatic carbocycles. The fourth-order valence-corrected chi connectivity index (χ4v) is 2.20. The van der Waals surface area contributed by atoms with E-state index in [1.807, 2.05) is 27.0 Å². The molecule has 0 aliphatic heterocycles. The van der Waals surface area contributed by atoms with Crippen molar-refractivity contribution in [1.29, 1.82) is 0 Å². The van der Waals surface area contributed by atoms with E-state index in [4.69, 9.17) is 4.52 Å². The van der Waals surface area contributed by atoms with E-state index in [1.54, 1.807) is 4.52 Å². The second kappa shape index (κ2) is 5.28. The van der Waals surface area contributed by atoms with Crippen LogP contribution in [0, 0.1) is 6.92 Å². The lowest BCUT2D eigenvalue weighted by molar-refractivity contribution is 0.415. The molecule has 0 aromatic carbocycles. The molecule has 21 heavy (non-hydrogen) atoms. The summed E-state index contributed by atoms with van der Waals surface area (Å²) in [6.07, 6.45) is 1.93. The Labute approximate surface area is 124 Å². The van der Waals surface area contributed by atoms with Gasteiger partial charge in [0, 0.05) is 5.92 Å². The fourth-order valence-electron chi connectivity index (χ4n) is 1.76. The van der Waals surface area contributed by atoms with Crippen molar-refractivity contribution in [3.8, 4) is 0 Å². The Balaban J connectivity index is 1.95. The average molecular weight is 306 g/mol. The van der Waals surface area contributed by atoms with Gasteiger partial charge in [0.15, 0.2) is 11.5 Å². The number of hydrogen-bond acceptors (Lipinski definition) is 8. The molecule has 0 bridgehead atoms. The Bertz CT molecular complexity index is 798. The van der Waals surface area contributed by atoms with Crippen molar-refractivity contribution in [2.24, 2.45) is 10.2 Å². The molecule has 3 rings (SSSR count). The van der Waals surface area contributed by atoms with Gasteiger partial charge in [-0.1, -0.05) is 35.9 Å². The lowest BCUT2D eigenvalue weighted by Crippen LogP contribution is -1.88. The topological polar surface area (TPSA) is 110 Å². The highest BCUT2D eigenvalue weighted by atomic mass is 32.2. The van der Waals surface area contributed by atoms with Crippen LogP contribution in [0.4, 0.5) is 11.7 Å². The van der Waals surface area contributed by atoms with E-state index in [0.29, 0.717) is 17.2 Å². The Hall–Kier alpha value is -2.23. The summed E-state index contributed by atoms with van der Waals surface area (Å²) in [6, 6.07) is 0.127. The third-order valence-electron chi connectivity index (χ3n) is 2.85. The predicted octanol–water partition coefficient (Wildman–Crippen LogP) is 3.01. The Kier molecular flexibility index (Phi) is 3.45. The Morgan fingerprint density at radius 1 is 1.29 bits per heavy atom. The molecule has 3 aromatic heterocycles. The SMILES string of the molecule is CSc1nnc2c(N=Nc3nc(C(C)C)no3)c(C)[nH]n12. The van der Waals surface area contributed by atoms with Gasteiger partial charge in [0.1, 0.15) is 0 Å². The number of aromatic nitrogens is 6. The van der Waals surface area contributed by atoms with E-state index < -0.39 is 0 Å². The van der Waals surface area contributed by atoms with Gasteiger partial charge in [-0.3, -0.25) is 5.10 Å². The van der Waals surface area contributed by atoms with Crippen LogP contribution < -0.4 is 0 Å². The highest BCUT2D eigenvalue weighted by Gasteiger charge is 2.15. The molecule has 0 amide bonds. The number of hydrogen-bond donors (Lipinski definition) is 1. The van der Waals surface area contributed by atoms with Gasteiger partial charge in [0.25, 0.3) is 0 Å². The van der Waals surface area contributed by atoms with Crippen molar-refractivity contribution in [2.45, 2.75) is 31.8 Å². The first-order chi connectivity index (χ1) is 10.1. The molecule has 0 saturated heterocycles. The van der Waals surface area contributed by atoms with E-state index in [9.17, 15) is 0 Å². The fraction of sp³-hybridized carbons (Fsp3) is 0.455. The van der Waals surface area contributed by atoms with Gasteiger partial charge in [0.2, 0.25) is 10.8 Å². The zero-order chi connectivity index (χ0) is 15.0. The minimum absolute atomic E-state index is 0.127. The molecule has 3 heterocycles. The summed E-state index contributed by atoms with van der Waals surface area (Å²) in [6.45, 7) is 5.85. The maximum Gasteiger partial charge on any atom is 0.366 e. The summed E-state index contributed by atoms with van der Waals surface area (Å²) in [4.78, 5) is 4.14. The third kappa shape index (κ3) is 2.42. The second-order valence-corrected chi connectivity index (χ2v) is 5.49. The molecule has 0 atom stereocenters. The van der Waals surface area contributed by atoms with Gasteiger partial charge in [-0.2, -0.15) is 4.98 Å². The van der Waals surface area contributed by atoms with E-state index in [1.165, 1.54) is 11.8 Å². The van der Waals surface area contributed by atoms with Crippen LogP contribution in [0.3, 0.4) is 0 Å². The van der Waals surface area contributed by atoms with Gasteiger partial charge in [0.05, 0.1) is 5.69 Å². The van der Waals surface area contributed by atoms with Crippen LogP contribution in [-0.4, -0.2) is 36.2 Å². The molecule has 0 spiro atoms. The molecule has 10 heteroatoms. The first-order valence-corrected chi connectivity index (χ1v) is 7.55. The number of nitrogens with zero attached hydrogens (tertiary/aromatic N) is 7. The highest BCUT2D eigenvalue weighted by molar-refractivity contribution is 7.98. The summed E-state index contributed by atoms with van der Waals surface area (Å²) in [5.41, 5.74) is 2.05. The summed E-state index contributed by atoms with van der Waals surface area (Å²) >= 11 is 1.49. The van der Waals surface area contributed by atoms with Crippen LogP contribution in [0.1, 0.15) is 31.3 Å². The molecule has 0 saturated carbocycles. The number of nitrogens with one attached hydrogen (secondary N) is 1. The molecular weight excluding hydrogens is 292 g/mol. The summed E-state index contributed by atoms with van der Waals surface area (Å²) in [7, 11) is 0. The zero-order valence-electron chi connectivity index (χ0n) is 12.0. The van der Waals surface area contributed by atoms with Gasteiger partial charge in [-0.25, -0.2) is 4.52 Å². The molecule has 9 nitrogen and oxygen atoms in total. The molecule has 0 fully saturated rings. The van der Waals surface area contributed by atoms with Gasteiger partial charge in [-0.05, 0) is 13.2 Å². The first-order valence-electron chi connectivity index (χ1n) is 6.33. The molecule has 1 N–H and O–H groups in total. The van der Waals surface area contributed by atoms with E-state index in [0.717, 1.165) is 10.9 Å². The van der Waals surface area contributed by atoms with Crippen LogP contribution in [0.2, 0.25) is 0 Å². The monoisotopic (exact) mass is 306 g/mol. The largest absolute Gasteiger partial charge is 0.366 e. The van der Waals surface area contributed by atoms with Crippen LogP contribution in [0.25, 0.3) is 5.65 Å². The number of azo groups is 1. The number of aromatic amines is 1. The average Bonchev–Trinajstić information content (AvgIpc) is 3.12. The smallest absolute Gasteiger partial charge is 0.311 e. The van der Waals surface area contributed by atoms with Crippen molar-refractivity contribution in [3.05, 3.63) is 11.5 Å². The van der Waals surface area contributed by atoms with Gasteiger partial charge < -0.3 is 4.52 Å². The summed E-state index contributed by atoms with van der Waals surface area (Å²) < 4.78 is 6.79. The van der Waals surface area contributed by atoms with E-state index in [2.05, 4.69) is 35.7 Å². The summed E-state index contributed by atoms with van der Waals surface area (Å²) in [5.74, 6) is 0.783. The Morgan fingerprint density at radius 3 is 2.76 bits per heavy atom. The zero-order valence-corrected chi connectivity index (χ0v) is 12.8. The maximum absolute atomic E-state index is 5.02. The van der Waals surface area contributed by atoms with Crippen molar-refractivity contribution < 1.29 is 4.52 Å². The lowest BCUT2D eigenvalue weighted by atomic mass is 10.2. The van der Waals surface area contributed by atoms with E-state index >= 15 is 0 Å². The number of fused-ring (bicyclic) bond motifs is 1. The third-order valence-corrected chi connectivity index (χ3v) is 3.47. The molecule has 0 unspecified atom stereocenters. The highest BCUT2D eigenvalue weighted by Crippen LogP contribution is 2.27. The van der Waals surface area contributed by atoms with Crippen LogP contribution in [0.5, 0.6) is 0 Å². The normalized spacial score (nSPS) is 12.2. The molecule has 110 valence electrons. The molecule has 3 aromatic rings. The minimum Gasteiger partial charge on any atom is -0.311 e. The van der Waals surface area contributed by atoms with Crippen LogP contribution in [0.15, 0.2) is 19.9 Å². The predicted molar refractivity (Wildman–Crippen MR) is 76.4 cm³/mol. The molecule has 0 radical (unpaired) electrons. The second-order valence-electron chi connectivity index (χ2n) is 4.72. The van der Waals surface area contributed by atoms with Crippen LogP contribution in [-0.2, 0) is 0 Å². The quantitative estimate of drug-likeness (QED) is 0.586. The maximum atomic E-state index is 5.02. The molecular formula is C11H14N8OS. The van der Waals surface area contributed by atoms with Crippen molar-refractivity contribution in [2.75, 3.05) is 6.26 Å².